The molecule has 5 nitrogen and oxygen atoms in total. The predicted molar refractivity (Wildman–Crippen MR) is 47.7 cm³/mol. The second-order valence-corrected chi connectivity index (χ2v) is 3.02. The smallest absolute Gasteiger partial charge is 0.407 e. The lowest BCUT2D eigenvalue weighted by atomic mass is 10.1. The molecule has 0 fully saturated rings. The number of hydrogen-bond donors (Lipinski definition) is 2. The molecule has 0 aromatic heterocycles. The number of aromatic hydroxyl groups is 1. The van der Waals surface area contributed by atoms with Gasteiger partial charge in [0.15, 0.2) is 5.75 Å². The molecule has 0 aliphatic carbocycles. The van der Waals surface area contributed by atoms with Gasteiger partial charge in [-0.1, -0.05) is 6.07 Å². The Morgan fingerprint density at radius 2 is 2.00 bits per heavy atom. The highest BCUT2D eigenvalue weighted by Crippen LogP contribution is 2.34. The van der Waals surface area contributed by atoms with Crippen LogP contribution in [0.3, 0.4) is 0 Å². The molecule has 1 aromatic rings. The Balaban J connectivity index is 3.11. The molecule has 16 heavy (non-hydrogen) atoms. The maximum atomic E-state index is 12.2. The van der Waals surface area contributed by atoms with Gasteiger partial charge in [0.25, 0.3) is 0 Å². The number of nitrogens with zero attached hydrogens (tertiary/aromatic N) is 1. The van der Waals surface area contributed by atoms with Crippen LogP contribution in [0.2, 0.25) is 0 Å². The molecule has 1 atom stereocenters. The fraction of sp³-hybridized carbons (Fsp3) is 0.250. The fourth-order valence-corrected chi connectivity index (χ4v) is 1.08. The Morgan fingerprint density at radius 1 is 1.44 bits per heavy atom. The summed E-state index contributed by atoms with van der Waals surface area (Å²) in [7, 11) is 0. The summed E-state index contributed by atoms with van der Waals surface area (Å²) in [6, 6.07) is -0.0121. The minimum atomic E-state index is -4.66. The summed E-state index contributed by atoms with van der Waals surface area (Å²) in [5, 5.41) is 19.4. The molecule has 1 aromatic carbocycles. The van der Waals surface area contributed by atoms with Crippen molar-refractivity contribution in [3.8, 4) is 5.75 Å². The van der Waals surface area contributed by atoms with Crippen LogP contribution in [-0.4, -0.2) is 16.2 Å². The largest absolute Gasteiger partial charge is 0.502 e. The SMILES string of the molecule is NC(c1ccc([N+](=O)[O-])c(O)c1)C(F)(F)F. The fourth-order valence-electron chi connectivity index (χ4n) is 1.08. The minimum absolute atomic E-state index is 0.435. The first kappa shape index (κ1) is 12.2. The third-order valence-corrected chi connectivity index (χ3v) is 1.91. The van der Waals surface area contributed by atoms with Gasteiger partial charge in [-0.05, 0) is 11.6 Å². The molecule has 3 N–H and O–H groups in total. The Bertz CT molecular complexity index is 419. The van der Waals surface area contributed by atoms with Gasteiger partial charge in [0, 0.05) is 6.07 Å². The van der Waals surface area contributed by atoms with E-state index >= 15 is 0 Å². The van der Waals surface area contributed by atoms with E-state index in [1.807, 2.05) is 0 Å². The molecule has 0 spiro atoms. The van der Waals surface area contributed by atoms with Crippen LogP contribution in [0, 0.1) is 10.1 Å². The van der Waals surface area contributed by atoms with Crippen molar-refractivity contribution in [2.24, 2.45) is 5.73 Å². The number of hydrogen-bond acceptors (Lipinski definition) is 4. The van der Waals surface area contributed by atoms with Crippen molar-refractivity contribution in [3.63, 3.8) is 0 Å². The van der Waals surface area contributed by atoms with Crippen LogP contribution in [0.15, 0.2) is 18.2 Å². The van der Waals surface area contributed by atoms with Crippen molar-refractivity contribution < 1.29 is 23.2 Å². The highest BCUT2D eigenvalue weighted by atomic mass is 19.4. The number of phenolic OH excluding ortho intramolecular Hbond substituents is 1. The molecule has 8 heteroatoms. The van der Waals surface area contributed by atoms with Gasteiger partial charge in [-0.2, -0.15) is 13.2 Å². The molecule has 0 bridgehead atoms. The van der Waals surface area contributed by atoms with Gasteiger partial charge >= 0.3 is 11.9 Å². The minimum Gasteiger partial charge on any atom is -0.502 e. The van der Waals surface area contributed by atoms with E-state index in [4.69, 9.17) is 10.8 Å². The number of nitro groups is 1. The van der Waals surface area contributed by atoms with Gasteiger partial charge in [0.2, 0.25) is 0 Å². The van der Waals surface area contributed by atoms with Gasteiger partial charge in [-0.25, -0.2) is 0 Å². The van der Waals surface area contributed by atoms with Crippen LogP contribution in [0.5, 0.6) is 5.75 Å². The number of nitro benzene ring substituents is 1. The summed E-state index contributed by atoms with van der Waals surface area (Å²) in [6.07, 6.45) is -4.66. The summed E-state index contributed by atoms with van der Waals surface area (Å²) >= 11 is 0. The molecule has 0 radical (unpaired) electrons. The maximum absolute atomic E-state index is 12.2. The average Bonchev–Trinajstić information content (AvgIpc) is 2.14. The van der Waals surface area contributed by atoms with Crippen molar-refractivity contribution in [1.29, 1.82) is 0 Å². The lowest BCUT2D eigenvalue weighted by Crippen LogP contribution is -2.28. The molecule has 0 aliphatic rings. The van der Waals surface area contributed by atoms with Crippen LogP contribution < -0.4 is 5.73 Å². The summed E-state index contributed by atoms with van der Waals surface area (Å²) in [6.45, 7) is 0. The molecule has 0 saturated carbocycles. The molecule has 1 unspecified atom stereocenters. The Morgan fingerprint density at radius 3 is 2.38 bits per heavy atom. The molecule has 1 rings (SSSR count). The number of rotatable bonds is 2. The van der Waals surface area contributed by atoms with E-state index in [0.29, 0.717) is 6.07 Å². The molecule has 0 saturated heterocycles. The van der Waals surface area contributed by atoms with E-state index in [1.165, 1.54) is 0 Å². The van der Waals surface area contributed by atoms with Crippen molar-refractivity contribution in [2.75, 3.05) is 0 Å². The van der Waals surface area contributed by atoms with Crippen molar-refractivity contribution >= 4 is 5.69 Å². The Labute approximate surface area is 87.4 Å². The quantitative estimate of drug-likeness (QED) is 0.605. The molecule has 88 valence electrons. The van der Waals surface area contributed by atoms with Crippen molar-refractivity contribution in [2.45, 2.75) is 12.2 Å². The van der Waals surface area contributed by atoms with Crippen molar-refractivity contribution in [1.82, 2.24) is 0 Å². The first-order valence-corrected chi connectivity index (χ1v) is 4.03. The predicted octanol–water partition coefficient (Wildman–Crippen LogP) is 1.86. The number of halogens is 3. The van der Waals surface area contributed by atoms with Crippen LogP contribution in [-0.2, 0) is 0 Å². The zero-order chi connectivity index (χ0) is 12.5. The van der Waals surface area contributed by atoms with E-state index in [1.54, 1.807) is 0 Å². The zero-order valence-corrected chi connectivity index (χ0v) is 7.73. The first-order chi connectivity index (χ1) is 7.23. The number of nitrogens with two attached hydrogens (primary N) is 1. The topological polar surface area (TPSA) is 89.4 Å². The normalized spacial score (nSPS) is 13.5. The Hall–Kier alpha value is -1.83. The number of alkyl halides is 3. The van der Waals surface area contributed by atoms with E-state index < -0.39 is 34.1 Å². The molecular weight excluding hydrogens is 229 g/mol. The van der Waals surface area contributed by atoms with Gasteiger partial charge in [-0.3, -0.25) is 10.1 Å². The molecule has 0 amide bonds. The molecule has 0 heterocycles. The van der Waals surface area contributed by atoms with E-state index in [2.05, 4.69) is 0 Å². The van der Waals surface area contributed by atoms with Crippen LogP contribution >= 0.6 is 0 Å². The standard InChI is InChI=1S/C8H7F3N2O3/c9-8(10,11)7(12)4-1-2-5(13(15)16)6(14)3-4/h1-3,7,14H,12H2. The highest BCUT2D eigenvalue weighted by molar-refractivity contribution is 5.48. The van der Waals surface area contributed by atoms with Gasteiger partial charge in [0.1, 0.15) is 6.04 Å². The molecule has 0 aliphatic heterocycles. The summed E-state index contributed by atoms with van der Waals surface area (Å²) < 4.78 is 36.6. The summed E-state index contributed by atoms with van der Waals surface area (Å²) in [4.78, 5) is 9.39. The highest BCUT2D eigenvalue weighted by Gasteiger charge is 2.38. The monoisotopic (exact) mass is 236 g/mol. The second-order valence-electron chi connectivity index (χ2n) is 3.02. The van der Waals surface area contributed by atoms with Crippen molar-refractivity contribution in [3.05, 3.63) is 33.9 Å². The second kappa shape index (κ2) is 3.97. The zero-order valence-electron chi connectivity index (χ0n) is 7.73. The lowest BCUT2D eigenvalue weighted by Gasteiger charge is -2.15. The average molecular weight is 236 g/mol. The van der Waals surface area contributed by atoms with Gasteiger partial charge in [-0.15, -0.1) is 0 Å². The van der Waals surface area contributed by atoms with Crippen LogP contribution in [0.25, 0.3) is 0 Å². The third kappa shape index (κ3) is 2.40. The Kier molecular flexibility index (Phi) is 3.04. The van der Waals surface area contributed by atoms with E-state index in [9.17, 15) is 23.3 Å². The number of phenols is 1. The summed E-state index contributed by atoms with van der Waals surface area (Å²) in [5.74, 6) is -0.845. The maximum Gasteiger partial charge on any atom is 0.407 e. The molecular formula is C8H7F3N2O3. The first-order valence-electron chi connectivity index (χ1n) is 4.03. The van der Waals surface area contributed by atoms with Gasteiger partial charge < -0.3 is 10.8 Å². The number of benzene rings is 1. The third-order valence-electron chi connectivity index (χ3n) is 1.91. The van der Waals surface area contributed by atoms with E-state index in [-0.39, 0.29) is 0 Å². The van der Waals surface area contributed by atoms with Crippen LogP contribution in [0.1, 0.15) is 11.6 Å². The van der Waals surface area contributed by atoms with E-state index in [0.717, 1.165) is 12.1 Å². The van der Waals surface area contributed by atoms with Crippen LogP contribution in [0.4, 0.5) is 18.9 Å². The van der Waals surface area contributed by atoms with Gasteiger partial charge in [0.05, 0.1) is 4.92 Å². The lowest BCUT2D eigenvalue weighted by molar-refractivity contribution is -0.385. The summed E-state index contributed by atoms with van der Waals surface area (Å²) in [5.41, 5.74) is 3.76.